The molecule has 1 atom stereocenters. The Kier molecular flexibility index (Phi) is 6.62. The van der Waals surface area contributed by atoms with Crippen LogP contribution in [0.2, 0.25) is 0 Å². The van der Waals surface area contributed by atoms with E-state index in [1.165, 1.54) is 19.2 Å². The fourth-order valence-corrected chi connectivity index (χ4v) is 3.93. The zero-order valence-corrected chi connectivity index (χ0v) is 16.2. The average molecular weight is 393 g/mol. The van der Waals surface area contributed by atoms with Gasteiger partial charge in [0.15, 0.2) is 0 Å². The molecule has 0 radical (unpaired) electrons. The van der Waals surface area contributed by atoms with Gasteiger partial charge in [0, 0.05) is 18.2 Å². The molecule has 146 valence electrons. The molecule has 2 aromatic carbocycles. The summed E-state index contributed by atoms with van der Waals surface area (Å²) in [7, 11) is -2.66. The van der Waals surface area contributed by atoms with Crippen molar-refractivity contribution in [3.05, 3.63) is 52.6 Å². The Morgan fingerprint density at radius 1 is 1.19 bits per heavy atom. The van der Waals surface area contributed by atoms with Crippen molar-refractivity contribution in [3.63, 3.8) is 0 Å². The lowest BCUT2D eigenvalue weighted by Gasteiger charge is -2.18. The molecule has 0 aliphatic rings. The highest BCUT2D eigenvalue weighted by atomic mass is 32.2. The van der Waals surface area contributed by atoms with Gasteiger partial charge in [0.25, 0.3) is 15.7 Å². The van der Waals surface area contributed by atoms with Gasteiger partial charge in [-0.25, -0.2) is 8.42 Å². The standard InChI is InChI=1S/C18H23N3O5S/c1-4-7-13(2)19-16-11-10-14(21(22)23)12-18(16)27(24,25)20-15-8-5-6-9-17(15)26-3/h5-6,8-13,19-20H,4,7H2,1-3H3. The first kappa shape index (κ1) is 20.5. The van der Waals surface area contributed by atoms with Crippen molar-refractivity contribution in [2.45, 2.75) is 37.6 Å². The number of benzene rings is 2. The average Bonchev–Trinajstić information content (AvgIpc) is 2.62. The summed E-state index contributed by atoms with van der Waals surface area (Å²) in [5, 5.41) is 14.2. The normalized spacial score (nSPS) is 12.3. The number of non-ortho nitro benzene ring substituents is 1. The fraction of sp³-hybridized carbons (Fsp3) is 0.333. The molecule has 0 aliphatic carbocycles. The summed E-state index contributed by atoms with van der Waals surface area (Å²) in [6.45, 7) is 3.95. The second kappa shape index (κ2) is 8.72. The van der Waals surface area contributed by atoms with Crippen LogP contribution >= 0.6 is 0 Å². The number of anilines is 2. The molecule has 0 aliphatic heterocycles. The van der Waals surface area contributed by atoms with Gasteiger partial charge in [-0.2, -0.15) is 0 Å². The molecular formula is C18H23N3O5S. The van der Waals surface area contributed by atoms with Crippen LogP contribution in [0.15, 0.2) is 47.4 Å². The smallest absolute Gasteiger partial charge is 0.270 e. The monoisotopic (exact) mass is 393 g/mol. The topological polar surface area (TPSA) is 111 Å². The first-order chi connectivity index (χ1) is 12.8. The zero-order valence-electron chi connectivity index (χ0n) is 15.4. The molecule has 8 nitrogen and oxygen atoms in total. The molecule has 1 unspecified atom stereocenters. The van der Waals surface area contributed by atoms with E-state index < -0.39 is 14.9 Å². The summed E-state index contributed by atoms with van der Waals surface area (Å²) in [6, 6.07) is 10.3. The van der Waals surface area contributed by atoms with E-state index in [-0.39, 0.29) is 22.3 Å². The highest BCUT2D eigenvalue weighted by Gasteiger charge is 2.24. The fourth-order valence-electron chi connectivity index (χ4n) is 2.67. The van der Waals surface area contributed by atoms with Crippen LogP contribution in [-0.4, -0.2) is 26.5 Å². The molecule has 0 saturated heterocycles. The first-order valence-electron chi connectivity index (χ1n) is 8.49. The van der Waals surface area contributed by atoms with E-state index in [9.17, 15) is 18.5 Å². The molecule has 0 fully saturated rings. The van der Waals surface area contributed by atoms with Crippen molar-refractivity contribution in [1.82, 2.24) is 0 Å². The van der Waals surface area contributed by atoms with Gasteiger partial charge in [-0.1, -0.05) is 25.5 Å². The van der Waals surface area contributed by atoms with E-state index >= 15 is 0 Å². The van der Waals surface area contributed by atoms with Gasteiger partial charge in [0.2, 0.25) is 0 Å². The van der Waals surface area contributed by atoms with Gasteiger partial charge in [-0.05, 0) is 31.5 Å². The highest BCUT2D eigenvalue weighted by molar-refractivity contribution is 7.93. The SMILES string of the molecule is CCCC(C)Nc1ccc([N+](=O)[O-])cc1S(=O)(=O)Nc1ccccc1OC. The maximum absolute atomic E-state index is 13.0. The number of nitro benzene ring substituents is 1. The number of nitro groups is 1. The molecule has 0 amide bonds. The first-order valence-corrected chi connectivity index (χ1v) is 9.97. The molecule has 0 saturated carbocycles. The second-order valence-electron chi connectivity index (χ2n) is 6.08. The summed E-state index contributed by atoms with van der Waals surface area (Å²) in [5.74, 6) is 0.348. The summed E-state index contributed by atoms with van der Waals surface area (Å²) in [4.78, 5) is 10.3. The minimum Gasteiger partial charge on any atom is -0.495 e. The third-order valence-corrected chi connectivity index (χ3v) is 5.35. The Hall–Kier alpha value is -2.81. The molecule has 0 aromatic heterocycles. The highest BCUT2D eigenvalue weighted by Crippen LogP contribution is 2.31. The van der Waals surface area contributed by atoms with Gasteiger partial charge >= 0.3 is 0 Å². The molecule has 2 aromatic rings. The molecular weight excluding hydrogens is 370 g/mol. The lowest BCUT2D eigenvalue weighted by atomic mass is 10.2. The van der Waals surface area contributed by atoms with Crippen LogP contribution in [0.25, 0.3) is 0 Å². The van der Waals surface area contributed by atoms with Gasteiger partial charge < -0.3 is 10.1 Å². The van der Waals surface area contributed by atoms with Crippen LogP contribution in [0.4, 0.5) is 17.1 Å². The lowest BCUT2D eigenvalue weighted by Crippen LogP contribution is -2.20. The van der Waals surface area contributed by atoms with Crippen molar-refractivity contribution < 1.29 is 18.1 Å². The molecule has 2 rings (SSSR count). The third-order valence-electron chi connectivity index (χ3n) is 3.94. The largest absolute Gasteiger partial charge is 0.495 e. The zero-order chi connectivity index (χ0) is 20.0. The van der Waals surface area contributed by atoms with Crippen LogP contribution in [-0.2, 0) is 10.0 Å². The van der Waals surface area contributed by atoms with Crippen LogP contribution in [0.5, 0.6) is 5.75 Å². The predicted molar refractivity (Wildman–Crippen MR) is 105 cm³/mol. The number of ether oxygens (including phenoxy) is 1. The Morgan fingerprint density at radius 3 is 2.52 bits per heavy atom. The minimum atomic E-state index is -4.09. The van der Waals surface area contributed by atoms with Crippen LogP contribution in [0.1, 0.15) is 26.7 Å². The number of rotatable bonds is 9. The number of sulfonamides is 1. The molecule has 0 bridgehead atoms. The van der Waals surface area contributed by atoms with Gasteiger partial charge in [0.05, 0.1) is 23.4 Å². The lowest BCUT2D eigenvalue weighted by molar-refractivity contribution is -0.385. The summed E-state index contributed by atoms with van der Waals surface area (Å²) >= 11 is 0. The molecule has 9 heteroatoms. The quantitative estimate of drug-likeness (QED) is 0.492. The second-order valence-corrected chi connectivity index (χ2v) is 7.73. The Labute approximate surface area is 158 Å². The van der Waals surface area contributed by atoms with Crippen molar-refractivity contribution in [3.8, 4) is 5.75 Å². The van der Waals surface area contributed by atoms with Crippen LogP contribution in [0, 0.1) is 10.1 Å². The minimum absolute atomic E-state index is 0.0108. The van der Waals surface area contributed by atoms with Crippen molar-refractivity contribution in [1.29, 1.82) is 0 Å². The maximum atomic E-state index is 13.0. The molecule has 27 heavy (non-hydrogen) atoms. The Morgan fingerprint density at radius 2 is 1.89 bits per heavy atom. The maximum Gasteiger partial charge on any atom is 0.270 e. The number of nitrogens with zero attached hydrogens (tertiary/aromatic N) is 1. The molecule has 2 N–H and O–H groups in total. The van der Waals surface area contributed by atoms with E-state index in [0.717, 1.165) is 18.9 Å². The van der Waals surface area contributed by atoms with Crippen molar-refractivity contribution in [2.75, 3.05) is 17.1 Å². The number of hydrogen-bond acceptors (Lipinski definition) is 6. The Bertz CT molecular complexity index is 915. The molecule has 0 heterocycles. The van der Waals surface area contributed by atoms with Crippen molar-refractivity contribution >= 4 is 27.1 Å². The predicted octanol–water partition coefficient (Wildman–Crippen LogP) is 4.00. The summed E-state index contributed by atoms with van der Waals surface area (Å²) < 4.78 is 33.6. The van der Waals surface area contributed by atoms with E-state index in [1.54, 1.807) is 24.3 Å². The van der Waals surface area contributed by atoms with E-state index in [4.69, 9.17) is 4.74 Å². The van der Waals surface area contributed by atoms with Gasteiger partial charge in [0.1, 0.15) is 10.6 Å². The summed E-state index contributed by atoms with van der Waals surface area (Å²) in [5.41, 5.74) is 0.257. The van der Waals surface area contributed by atoms with E-state index in [1.807, 2.05) is 13.8 Å². The number of nitrogens with one attached hydrogen (secondary N) is 2. The van der Waals surface area contributed by atoms with Gasteiger partial charge in [-0.3, -0.25) is 14.8 Å². The number of hydrogen-bond donors (Lipinski definition) is 2. The number of para-hydroxylation sites is 2. The molecule has 0 spiro atoms. The van der Waals surface area contributed by atoms with Crippen molar-refractivity contribution in [2.24, 2.45) is 0 Å². The summed E-state index contributed by atoms with van der Waals surface area (Å²) in [6.07, 6.45) is 1.75. The van der Waals surface area contributed by atoms with E-state index in [2.05, 4.69) is 10.0 Å². The number of methoxy groups -OCH3 is 1. The van der Waals surface area contributed by atoms with Gasteiger partial charge in [-0.15, -0.1) is 0 Å². The van der Waals surface area contributed by atoms with Crippen LogP contribution in [0.3, 0.4) is 0 Å². The Balaban J connectivity index is 2.48. The van der Waals surface area contributed by atoms with Crippen LogP contribution < -0.4 is 14.8 Å². The van der Waals surface area contributed by atoms with E-state index in [0.29, 0.717) is 11.4 Å². The third kappa shape index (κ3) is 5.10.